The van der Waals surface area contributed by atoms with Gasteiger partial charge in [0, 0.05) is 19.2 Å². The van der Waals surface area contributed by atoms with Gasteiger partial charge in [-0.1, -0.05) is 0 Å². The summed E-state index contributed by atoms with van der Waals surface area (Å²) in [7, 11) is -2.23. The minimum Gasteiger partial charge on any atom is -0.396 e. The quantitative estimate of drug-likeness (QED) is 0.444. The Kier molecular flexibility index (Phi) is 5.84. The van der Waals surface area contributed by atoms with Crippen molar-refractivity contribution in [2.24, 2.45) is 0 Å². The molecular weight excluding hydrogens is 406 g/mol. The van der Waals surface area contributed by atoms with Crippen LogP contribution >= 0.6 is 0 Å². The molecule has 0 aliphatic carbocycles. The van der Waals surface area contributed by atoms with E-state index < -0.39 is 10.0 Å². The Bertz CT molecular complexity index is 1080. The minimum atomic E-state index is -3.61. The number of aliphatic hydroxyl groups excluding tert-OH is 1. The van der Waals surface area contributed by atoms with Gasteiger partial charge in [0.25, 0.3) is 0 Å². The fourth-order valence-corrected chi connectivity index (χ4v) is 4.66. The zero-order valence-corrected chi connectivity index (χ0v) is 17.5. The van der Waals surface area contributed by atoms with Gasteiger partial charge in [-0.2, -0.15) is 0 Å². The van der Waals surface area contributed by atoms with E-state index in [0.29, 0.717) is 29.4 Å². The van der Waals surface area contributed by atoms with Crippen molar-refractivity contribution in [1.29, 1.82) is 0 Å². The summed E-state index contributed by atoms with van der Waals surface area (Å²) in [6, 6.07) is 5.22. The van der Waals surface area contributed by atoms with Crippen LogP contribution in [0.4, 0.5) is 17.2 Å². The molecule has 0 saturated carbocycles. The Labute approximate surface area is 175 Å². The lowest BCUT2D eigenvalue weighted by Gasteiger charge is -2.38. The number of H-pyrrole nitrogens is 1. The summed E-state index contributed by atoms with van der Waals surface area (Å²) in [6.07, 6.45) is 6.74. The summed E-state index contributed by atoms with van der Waals surface area (Å²) in [6.45, 7) is 0.946. The number of piperidine rings is 1. The molecule has 160 valence electrons. The van der Waals surface area contributed by atoms with Gasteiger partial charge in [0.05, 0.1) is 22.6 Å². The van der Waals surface area contributed by atoms with Crippen LogP contribution in [-0.4, -0.2) is 59.7 Å². The lowest BCUT2D eigenvalue weighted by molar-refractivity contribution is 0.262. The number of anilines is 3. The van der Waals surface area contributed by atoms with E-state index in [1.54, 1.807) is 12.1 Å². The number of sulfonamides is 1. The van der Waals surface area contributed by atoms with Crippen LogP contribution in [0, 0.1) is 0 Å². The number of nitrogens with zero attached hydrogens (tertiary/aromatic N) is 4. The Morgan fingerprint density at radius 3 is 2.93 bits per heavy atom. The highest BCUT2D eigenvalue weighted by molar-refractivity contribution is 7.89. The summed E-state index contributed by atoms with van der Waals surface area (Å²) in [5.41, 5.74) is 2.07. The highest BCUT2D eigenvalue weighted by Crippen LogP contribution is 2.37. The number of fused-ring (bicyclic) bond motifs is 1. The Hall–Kier alpha value is -2.76. The van der Waals surface area contributed by atoms with Crippen molar-refractivity contribution in [2.45, 2.75) is 36.6 Å². The molecule has 1 atom stereocenters. The van der Waals surface area contributed by atoms with Crippen molar-refractivity contribution in [3.05, 3.63) is 30.9 Å². The van der Waals surface area contributed by atoms with E-state index in [2.05, 4.69) is 34.9 Å². The van der Waals surface area contributed by atoms with E-state index in [4.69, 9.17) is 0 Å². The van der Waals surface area contributed by atoms with Crippen LogP contribution in [-0.2, 0) is 10.0 Å². The summed E-state index contributed by atoms with van der Waals surface area (Å²) >= 11 is 0. The Morgan fingerprint density at radius 2 is 2.13 bits per heavy atom. The van der Waals surface area contributed by atoms with Crippen molar-refractivity contribution in [2.75, 3.05) is 30.4 Å². The maximum absolute atomic E-state index is 12.4. The predicted octanol–water partition coefficient (Wildman–Crippen LogP) is 1.70. The molecule has 3 aliphatic rings. The van der Waals surface area contributed by atoms with Gasteiger partial charge < -0.3 is 20.3 Å². The molecule has 4 rings (SSSR count). The molecule has 1 unspecified atom stereocenters. The Balaban J connectivity index is 1.79. The van der Waals surface area contributed by atoms with Crippen LogP contribution in [0.15, 0.2) is 35.7 Å². The van der Waals surface area contributed by atoms with Crippen LogP contribution in [0.5, 0.6) is 0 Å². The molecule has 4 N–H and O–H groups in total. The molecule has 0 spiro atoms. The van der Waals surface area contributed by atoms with Crippen molar-refractivity contribution in [1.82, 2.24) is 24.7 Å². The van der Waals surface area contributed by atoms with Gasteiger partial charge in [-0.3, -0.25) is 0 Å². The minimum absolute atomic E-state index is 0.109. The fraction of sp³-hybridized carbons (Fsp3) is 0.421. The predicted molar refractivity (Wildman–Crippen MR) is 113 cm³/mol. The van der Waals surface area contributed by atoms with E-state index in [-0.39, 0.29) is 17.5 Å². The molecule has 3 aliphatic heterocycles. The van der Waals surface area contributed by atoms with Gasteiger partial charge in [0.2, 0.25) is 10.0 Å². The molecule has 10 nitrogen and oxygen atoms in total. The maximum Gasteiger partial charge on any atom is 0.240 e. The zero-order chi connectivity index (χ0) is 21.1. The van der Waals surface area contributed by atoms with Crippen LogP contribution in [0.2, 0.25) is 0 Å². The van der Waals surface area contributed by atoms with E-state index in [0.717, 1.165) is 31.5 Å². The normalized spacial score (nSPS) is 17.4. The lowest BCUT2D eigenvalue weighted by atomic mass is 9.98. The van der Waals surface area contributed by atoms with Gasteiger partial charge in [-0.25, -0.2) is 28.1 Å². The van der Waals surface area contributed by atoms with Gasteiger partial charge in [-0.05, 0) is 50.9 Å². The zero-order valence-electron chi connectivity index (χ0n) is 16.7. The summed E-state index contributed by atoms with van der Waals surface area (Å²) in [4.78, 5) is 17.9. The van der Waals surface area contributed by atoms with E-state index in [1.807, 2.05) is 6.07 Å². The third kappa shape index (κ3) is 3.95. The number of hydrogen-bond donors (Lipinski definition) is 4. The first kappa shape index (κ1) is 20.5. The first-order valence-corrected chi connectivity index (χ1v) is 11.4. The topological polar surface area (TPSA) is 136 Å². The number of aromatic amines is 1. The van der Waals surface area contributed by atoms with Gasteiger partial charge in [-0.15, -0.1) is 0 Å². The average molecular weight is 432 g/mol. The second kappa shape index (κ2) is 8.54. The number of nitrogens with one attached hydrogen (secondary N) is 3. The molecule has 0 aromatic heterocycles. The maximum atomic E-state index is 12.4. The molecule has 3 heterocycles. The van der Waals surface area contributed by atoms with Crippen LogP contribution in [0.1, 0.15) is 25.7 Å². The number of benzene rings is 1. The summed E-state index contributed by atoms with van der Waals surface area (Å²) in [5, 5.41) is 12.8. The number of imidazole rings is 1. The molecule has 1 saturated heterocycles. The number of aliphatic hydroxyl groups is 1. The van der Waals surface area contributed by atoms with Crippen molar-refractivity contribution in [3.63, 3.8) is 0 Å². The molecule has 0 amide bonds. The van der Waals surface area contributed by atoms with E-state index in [9.17, 15) is 13.5 Å². The number of rotatable bonds is 7. The standard InChI is InChI=1S/C19H25N7O3S/c1-20-30(28,29)14-5-6-16(26-8-3-2-4-13(26)7-9-27)15(10-14)25-19-17-18(22-11-21-17)23-12-24-19/h5-6,10-13,20,27H,2-4,7-9H2,1H3,(H2,21,22,23,24,25). The molecular formula is C19H25N7O3S. The number of aromatic nitrogens is 4. The fourth-order valence-electron chi connectivity index (χ4n) is 3.90. The number of hydrogen-bond acceptors (Lipinski definition) is 8. The third-order valence-corrected chi connectivity index (χ3v) is 6.83. The van der Waals surface area contributed by atoms with Gasteiger partial charge in [0.15, 0.2) is 11.5 Å². The highest BCUT2D eigenvalue weighted by atomic mass is 32.2. The molecule has 1 aromatic carbocycles. The molecule has 1 aromatic rings. The SMILES string of the molecule is CNS(=O)(=O)c1ccc(N2CCCCC2CCO)c(Nc2[nH]cnc3ncnc2-3)c1. The Morgan fingerprint density at radius 1 is 1.27 bits per heavy atom. The molecule has 0 bridgehead atoms. The summed E-state index contributed by atoms with van der Waals surface area (Å²) < 4.78 is 27.2. The third-order valence-electron chi connectivity index (χ3n) is 5.42. The summed E-state index contributed by atoms with van der Waals surface area (Å²) in [5.74, 6) is 1.07. The molecule has 30 heavy (non-hydrogen) atoms. The lowest BCUT2D eigenvalue weighted by Crippen LogP contribution is -2.40. The molecule has 1 fully saturated rings. The first-order chi connectivity index (χ1) is 14.5. The first-order valence-electron chi connectivity index (χ1n) is 9.89. The molecule has 0 radical (unpaired) electrons. The highest BCUT2D eigenvalue weighted by Gasteiger charge is 2.26. The van der Waals surface area contributed by atoms with Crippen LogP contribution in [0.3, 0.4) is 0 Å². The van der Waals surface area contributed by atoms with Crippen molar-refractivity contribution < 1.29 is 13.5 Å². The van der Waals surface area contributed by atoms with E-state index in [1.165, 1.54) is 19.7 Å². The van der Waals surface area contributed by atoms with Crippen LogP contribution in [0.25, 0.3) is 11.5 Å². The second-order valence-electron chi connectivity index (χ2n) is 7.19. The van der Waals surface area contributed by atoms with Gasteiger partial charge in [0.1, 0.15) is 12.1 Å². The van der Waals surface area contributed by atoms with Gasteiger partial charge >= 0.3 is 0 Å². The average Bonchev–Trinajstić information content (AvgIpc) is 3.24. The van der Waals surface area contributed by atoms with Crippen molar-refractivity contribution in [3.8, 4) is 11.5 Å². The van der Waals surface area contributed by atoms with Crippen molar-refractivity contribution >= 4 is 27.2 Å². The molecule has 11 heteroatoms. The van der Waals surface area contributed by atoms with E-state index >= 15 is 0 Å². The second-order valence-corrected chi connectivity index (χ2v) is 9.08. The monoisotopic (exact) mass is 431 g/mol. The smallest absolute Gasteiger partial charge is 0.240 e. The largest absolute Gasteiger partial charge is 0.396 e. The van der Waals surface area contributed by atoms with Crippen LogP contribution < -0.4 is 14.9 Å².